The molecule has 1 unspecified atom stereocenters. The number of nitrogens with one attached hydrogen (secondary N) is 3. The normalized spacial score (nSPS) is 16.9. The Morgan fingerprint density at radius 3 is 2.78 bits per heavy atom. The van der Waals surface area contributed by atoms with Gasteiger partial charge in [0, 0.05) is 32.9 Å². The summed E-state index contributed by atoms with van der Waals surface area (Å²) < 4.78 is 0. The zero-order chi connectivity index (χ0) is 15.9. The van der Waals surface area contributed by atoms with Gasteiger partial charge in [-0.3, -0.25) is 4.79 Å². The number of hydrogen-bond donors (Lipinski definition) is 3. The van der Waals surface area contributed by atoms with Crippen LogP contribution in [-0.2, 0) is 11.3 Å². The summed E-state index contributed by atoms with van der Waals surface area (Å²) in [6.07, 6.45) is 1.99. The van der Waals surface area contributed by atoms with Gasteiger partial charge in [0.05, 0.1) is 5.92 Å². The molecule has 3 N–H and O–H groups in total. The minimum atomic E-state index is -0.172. The molecule has 23 heavy (non-hydrogen) atoms. The highest BCUT2D eigenvalue weighted by molar-refractivity contribution is 5.89. The average Bonchev–Trinajstić information content (AvgIpc) is 2.53. The molecule has 6 nitrogen and oxygen atoms in total. The maximum Gasteiger partial charge on any atom is 0.321 e. The molecular weight excluding hydrogens is 316 g/mol. The fraction of sp³-hybridized carbons (Fsp3) is 0.500. The lowest BCUT2D eigenvalue weighted by atomic mass is 9.99. The second-order valence-electron chi connectivity index (χ2n) is 5.79. The highest BCUT2D eigenvalue weighted by Gasteiger charge is 2.20. The first kappa shape index (κ1) is 19.3. The van der Waals surface area contributed by atoms with Crippen molar-refractivity contribution in [3.8, 4) is 0 Å². The maximum atomic E-state index is 12.1. The van der Waals surface area contributed by atoms with Crippen LogP contribution in [0, 0.1) is 5.92 Å². The molecule has 3 amide bonds. The van der Waals surface area contributed by atoms with Crippen LogP contribution in [0.15, 0.2) is 24.3 Å². The lowest BCUT2D eigenvalue weighted by Crippen LogP contribution is -2.40. The van der Waals surface area contributed by atoms with Crippen LogP contribution in [0.3, 0.4) is 0 Å². The Labute approximate surface area is 143 Å². The summed E-state index contributed by atoms with van der Waals surface area (Å²) in [5.74, 6) is 0.153. The number of amides is 3. The van der Waals surface area contributed by atoms with Gasteiger partial charge in [0.25, 0.3) is 0 Å². The van der Waals surface area contributed by atoms with E-state index in [-0.39, 0.29) is 30.3 Å². The van der Waals surface area contributed by atoms with E-state index < -0.39 is 0 Å². The lowest BCUT2D eigenvalue weighted by Gasteiger charge is -2.22. The first-order chi connectivity index (χ1) is 10.6. The fourth-order valence-corrected chi connectivity index (χ4v) is 2.40. The number of hydrogen-bond acceptors (Lipinski definition) is 3. The maximum absolute atomic E-state index is 12.1. The van der Waals surface area contributed by atoms with Crippen LogP contribution in [0.2, 0.25) is 0 Å². The first-order valence-electron chi connectivity index (χ1n) is 7.62. The molecule has 1 aliphatic heterocycles. The first-order valence-corrected chi connectivity index (χ1v) is 7.62. The predicted molar refractivity (Wildman–Crippen MR) is 93.8 cm³/mol. The van der Waals surface area contributed by atoms with Crippen molar-refractivity contribution in [3.05, 3.63) is 29.8 Å². The van der Waals surface area contributed by atoms with Crippen molar-refractivity contribution in [2.24, 2.45) is 5.92 Å². The number of nitrogens with zero attached hydrogens (tertiary/aromatic N) is 1. The summed E-state index contributed by atoms with van der Waals surface area (Å²) in [5.41, 5.74) is 1.69. The molecule has 1 saturated heterocycles. The van der Waals surface area contributed by atoms with E-state index in [1.54, 1.807) is 14.1 Å². The standard InChI is InChI=1S/C16H24N4O2.ClH/c1-20(2)16(22)19-14-7-3-5-12(9-14)10-18-15(21)13-6-4-8-17-11-13;/h3,5,7,9,13,17H,4,6,8,10-11H2,1-2H3,(H,18,21)(H,19,22);1H. The Morgan fingerprint density at radius 1 is 1.35 bits per heavy atom. The van der Waals surface area contributed by atoms with Crippen LogP contribution in [0.1, 0.15) is 18.4 Å². The Hall–Kier alpha value is -1.79. The third-order valence-corrected chi connectivity index (χ3v) is 3.72. The number of anilines is 1. The largest absolute Gasteiger partial charge is 0.352 e. The quantitative estimate of drug-likeness (QED) is 0.782. The van der Waals surface area contributed by atoms with Gasteiger partial charge in [0.15, 0.2) is 0 Å². The fourth-order valence-electron chi connectivity index (χ4n) is 2.40. The molecule has 128 valence electrons. The molecular formula is C16H25ClN4O2. The van der Waals surface area contributed by atoms with Crippen LogP contribution in [0.25, 0.3) is 0 Å². The number of carbonyl (C=O) groups excluding carboxylic acids is 2. The summed E-state index contributed by atoms with van der Waals surface area (Å²) in [6, 6.07) is 7.34. The van der Waals surface area contributed by atoms with Crippen molar-refractivity contribution >= 4 is 30.0 Å². The monoisotopic (exact) mass is 340 g/mol. The number of piperidine rings is 1. The van der Waals surface area contributed by atoms with E-state index in [0.717, 1.165) is 37.2 Å². The molecule has 1 aliphatic rings. The van der Waals surface area contributed by atoms with Gasteiger partial charge in [-0.25, -0.2) is 4.79 Å². The van der Waals surface area contributed by atoms with Crippen LogP contribution >= 0.6 is 12.4 Å². The van der Waals surface area contributed by atoms with Crippen molar-refractivity contribution in [2.75, 3.05) is 32.5 Å². The van der Waals surface area contributed by atoms with Crippen molar-refractivity contribution in [1.29, 1.82) is 0 Å². The van der Waals surface area contributed by atoms with Crippen LogP contribution < -0.4 is 16.0 Å². The summed E-state index contributed by atoms with van der Waals surface area (Å²) in [5, 5.41) is 9.01. The van der Waals surface area contributed by atoms with Crippen LogP contribution in [0.4, 0.5) is 10.5 Å². The minimum absolute atomic E-state index is 0. The van der Waals surface area contributed by atoms with Gasteiger partial charge in [0.1, 0.15) is 0 Å². The minimum Gasteiger partial charge on any atom is -0.352 e. The molecule has 0 aromatic heterocycles. The smallest absolute Gasteiger partial charge is 0.321 e. The molecule has 0 spiro atoms. The van der Waals surface area contributed by atoms with Crippen LogP contribution in [0.5, 0.6) is 0 Å². The second-order valence-corrected chi connectivity index (χ2v) is 5.79. The van der Waals surface area contributed by atoms with E-state index in [4.69, 9.17) is 0 Å². The Bertz CT molecular complexity index is 531. The van der Waals surface area contributed by atoms with E-state index in [0.29, 0.717) is 6.54 Å². The van der Waals surface area contributed by atoms with Crippen molar-refractivity contribution < 1.29 is 9.59 Å². The molecule has 1 aromatic carbocycles. The van der Waals surface area contributed by atoms with Crippen molar-refractivity contribution in [2.45, 2.75) is 19.4 Å². The zero-order valence-electron chi connectivity index (χ0n) is 13.6. The van der Waals surface area contributed by atoms with Gasteiger partial charge in [0.2, 0.25) is 5.91 Å². The molecule has 0 aliphatic carbocycles. The predicted octanol–water partition coefficient (Wildman–Crippen LogP) is 1.82. The number of rotatable bonds is 4. The number of urea groups is 1. The topological polar surface area (TPSA) is 73.5 Å². The van der Waals surface area contributed by atoms with E-state index in [1.165, 1.54) is 4.90 Å². The van der Waals surface area contributed by atoms with Crippen molar-refractivity contribution in [1.82, 2.24) is 15.5 Å². The molecule has 0 bridgehead atoms. The van der Waals surface area contributed by atoms with E-state index in [9.17, 15) is 9.59 Å². The zero-order valence-corrected chi connectivity index (χ0v) is 14.4. The van der Waals surface area contributed by atoms with Gasteiger partial charge in [-0.2, -0.15) is 0 Å². The molecule has 1 fully saturated rings. The molecule has 0 saturated carbocycles. The summed E-state index contributed by atoms with van der Waals surface area (Å²) in [7, 11) is 3.38. The highest BCUT2D eigenvalue weighted by atomic mass is 35.5. The van der Waals surface area contributed by atoms with E-state index in [1.807, 2.05) is 24.3 Å². The molecule has 1 heterocycles. The van der Waals surface area contributed by atoms with E-state index >= 15 is 0 Å². The lowest BCUT2D eigenvalue weighted by molar-refractivity contribution is -0.125. The second kappa shape index (κ2) is 9.37. The molecule has 0 radical (unpaired) electrons. The summed E-state index contributed by atoms with van der Waals surface area (Å²) >= 11 is 0. The highest BCUT2D eigenvalue weighted by Crippen LogP contribution is 2.13. The SMILES string of the molecule is CN(C)C(=O)Nc1cccc(CNC(=O)C2CCCNC2)c1.Cl. The van der Waals surface area contributed by atoms with Gasteiger partial charge in [-0.15, -0.1) is 12.4 Å². The Morgan fingerprint density at radius 2 is 2.13 bits per heavy atom. The molecule has 2 rings (SSSR count). The third-order valence-electron chi connectivity index (χ3n) is 3.72. The Balaban J connectivity index is 0.00000264. The van der Waals surface area contributed by atoms with Crippen LogP contribution in [-0.4, -0.2) is 44.0 Å². The third kappa shape index (κ3) is 6.08. The number of carbonyl (C=O) groups is 2. The summed E-state index contributed by atoms with van der Waals surface area (Å²) in [6.45, 7) is 2.23. The molecule has 1 aromatic rings. The van der Waals surface area contributed by atoms with E-state index in [2.05, 4.69) is 16.0 Å². The molecule has 1 atom stereocenters. The van der Waals surface area contributed by atoms with Crippen molar-refractivity contribution in [3.63, 3.8) is 0 Å². The Kier molecular flexibility index (Phi) is 7.85. The van der Waals surface area contributed by atoms with Gasteiger partial charge >= 0.3 is 6.03 Å². The molecule has 7 heteroatoms. The van der Waals surface area contributed by atoms with Gasteiger partial charge in [-0.1, -0.05) is 12.1 Å². The average molecular weight is 341 g/mol. The van der Waals surface area contributed by atoms with Gasteiger partial charge in [-0.05, 0) is 37.1 Å². The number of halogens is 1. The number of benzene rings is 1. The summed E-state index contributed by atoms with van der Waals surface area (Å²) in [4.78, 5) is 25.2. The van der Waals surface area contributed by atoms with Gasteiger partial charge < -0.3 is 20.9 Å².